The fourth-order valence-electron chi connectivity index (χ4n) is 2.69. The lowest BCUT2D eigenvalue weighted by molar-refractivity contribution is -0.121. The van der Waals surface area contributed by atoms with E-state index < -0.39 is 33.5 Å². The van der Waals surface area contributed by atoms with Gasteiger partial charge >= 0.3 is 0 Å². The van der Waals surface area contributed by atoms with E-state index in [1.807, 2.05) is 0 Å². The zero-order chi connectivity index (χ0) is 16.8. The summed E-state index contributed by atoms with van der Waals surface area (Å²) in [5.41, 5.74) is 7.04. The van der Waals surface area contributed by atoms with Crippen LogP contribution in [0, 0.1) is 12.7 Å². The van der Waals surface area contributed by atoms with Crippen LogP contribution in [0.2, 0.25) is 0 Å². The maximum absolute atomic E-state index is 13.9. The largest absolute Gasteiger partial charge is 0.368 e. The maximum atomic E-state index is 13.9. The molecule has 0 spiro atoms. The number of aryl methyl sites for hydroxylation is 1. The number of amides is 1. The number of hydrogen-bond donors (Lipinski definition) is 2. The molecule has 0 bridgehead atoms. The minimum Gasteiger partial charge on any atom is -0.368 e. The number of nitrogens with zero attached hydrogens (tertiary/aromatic N) is 2. The molecule has 0 fully saturated rings. The van der Waals surface area contributed by atoms with Crippen molar-refractivity contribution < 1.29 is 17.6 Å². The smallest absolute Gasteiger partial charge is 0.240 e. The molecule has 1 amide bonds. The van der Waals surface area contributed by atoms with E-state index >= 15 is 0 Å². The highest BCUT2D eigenvalue weighted by molar-refractivity contribution is 7.88. The van der Waals surface area contributed by atoms with Gasteiger partial charge in [0, 0.05) is 11.1 Å². The summed E-state index contributed by atoms with van der Waals surface area (Å²) < 4.78 is 40.2. The van der Waals surface area contributed by atoms with Gasteiger partial charge in [-0.3, -0.25) is 9.89 Å². The van der Waals surface area contributed by atoms with Gasteiger partial charge in [-0.15, -0.1) is 0 Å². The molecule has 3 N–H and O–H groups in total. The van der Waals surface area contributed by atoms with Crippen LogP contribution >= 0.6 is 0 Å². The highest BCUT2D eigenvalue weighted by atomic mass is 32.2. The van der Waals surface area contributed by atoms with Crippen molar-refractivity contribution in [2.45, 2.75) is 25.3 Å². The van der Waals surface area contributed by atoms with Crippen LogP contribution in [-0.4, -0.2) is 28.8 Å². The number of carbonyl (C=O) groups is 1. The van der Waals surface area contributed by atoms with Gasteiger partial charge in [0.2, 0.25) is 15.9 Å². The molecule has 1 unspecified atom stereocenters. The Morgan fingerprint density at radius 2 is 2.26 bits per heavy atom. The average molecular weight is 338 g/mol. The Hall–Kier alpha value is -2.26. The number of rotatable bonds is 4. The van der Waals surface area contributed by atoms with E-state index in [1.54, 1.807) is 13.0 Å². The van der Waals surface area contributed by atoms with Crippen LogP contribution in [0.15, 0.2) is 24.4 Å². The number of H-pyrrole nitrogens is 1. The van der Waals surface area contributed by atoms with Crippen LogP contribution in [0.3, 0.4) is 0 Å². The van der Waals surface area contributed by atoms with E-state index in [1.165, 1.54) is 18.3 Å². The van der Waals surface area contributed by atoms with E-state index in [0.717, 1.165) is 4.31 Å². The standard InChI is InChI=1S/C14H15FN4O3S/c1-8-2-3-9(11(15)4-8)7-23(21,22)19-6-12-10(5-17-18-12)13(19)14(16)20/h2-5,13H,6-7H2,1H3,(H2,16,20)(H,17,18). The Bertz CT molecular complexity index is 878. The van der Waals surface area contributed by atoms with Crippen molar-refractivity contribution in [2.24, 2.45) is 5.73 Å². The predicted molar refractivity (Wildman–Crippen MR) is 79.8 cm³/mol. The van der Waals surface area contributed by atoms with Gasteiger partial charge in [-0.1, -0.05) is 12.1 Å². The molecule has 1 aromatic carbocycles. The number of nitrogens with two attached hydrogens (primary N) is 1. The SMILES string of the molecule is Cc1ccc(CS(=O)(=O)N2Cc3[nH]ncc3C2C(N)=O)c(F)c1. The summed E-state index contributed by atoms with van der Waals surface area (Å²) in [6, 6.07) is 3.21. The Kier molecular flexibility index (Phi) is 3.69. The molecule has 0 saturated heterocycles. The summed E-state index contributed by atoms with van der Waals surface area (Å²) in [5, 5.41) is 6.44. The molecule has 1 aliphatic heterocycles. The normalized spacial score (nSPS) is 18.1. The Morgan fingerprint density at radius 3 is 2.91 bits per heavy atom. The van der Waals surface area contributed by atoms with Crippen molar-refractivity contribution in [1.29, 1.82) is 0 Å². The minimum absolute atomic E-state index is 0.0429. The quantitative estimate of drug-likeness (QED) is 0.856. The van der Waals surface area contributed by atoms with Crippen molar-refractivity contribution in [3.8, 4) is 0 Å². The third-order valence-electron chi connectivity index (χ3n) is 3.82. The Labute approximate surface area is 132 Å². The van der Waals surface area contributed by atoms with Crippen molar-refractivity contribution in [3.05, 3.63) is 52.6 Å². The number of fused-ring (bicyclic) bond motifs is 1. The Balaban J connectivity index is 1.93. The van der Waals surface area contributed by atoms with Gasteiger partial charge in [-0.05, 0) is 18.6 Å². The van der Waals surface area contributed by atoms with Gasteiger partial charge in [0.25, 0.3) is 0 Å². The van der Waals surface area contributed by atoms with E-state index in [9.17, 15) is 17.6 Å². The van der Waals surface area contributed by atoms with Crippen LogP contribution < -0.4 is 5.73 Å². The molecule has 0 aliphatic carbocycles. The van der Waals surface area contributed by atoms with Crippen LogP contribution in [0.1, 0.15) is 28.4 Å². The summed E-state index contributed by atoms with van der Waals surface area (Å²) >= 11 is 0. The van der Waals surface area contributed by atoms with Crippen molar-refractivity contribution in [2.75, 3.05) is 0 Å². The van der Waals surface area contributed by atoms with Gasteiger partial charge in [0.1, 0.15) is 11.9 Å². The lowest BCUT2D eigenvalue weighted by Crippen LogP contribution is -2.38. The summed E-state index contributed by atoms with van der Waals surface area (Å²) in [6.45, 7) is 1.67. The molecule has 122 valence electrons. The first-order valence-electron chi connectivity index (χ1n) is 6.85. The van der Waals surface area contributed by atoms with Crippen LogP contribution in [0.4, 0.5) is 4.39 Å². The third-order valence-corrected chi connectivity index (χ3v) is 5.55. The van der Waals surface area contributed by atoms with Gasteiger partial charge in [-0.2, -0.15) is 9.40 Å². The highest BCUT2D eigenvalue weighted by Gasteiger charge is 2.42. The first-order chi connectivity index (χ1) is 10.8. The molecule has 3 rings (SSSR count). The summed E-state index contributed by atoms with van der Waals surface area (Å²) in [5.74, 6) is -1.93. The molecule has 2 heterocycles. The molecule has 9 heteroatoms. The van der Waals surface area contributed by atoms with Crippen molar-refractivity contribution in [1.82, 2.24) is 14.5 Å². The van der Waals surface area contributed by atoms with Crippen LogP contribution in [0.5, 0.6) is 0 Å². The molecule has 7 nitrogen and oxygen atoms in total. The van der Waals surface area contributed by atoms with Crippen molar-refractivity contribution >= 4 is 15.9 Å². The second-order valence-corrected chi connectivity index (χ2v) is 7.43. The lowest BCUT2D eigenvalue weighted by atomic mass is 10.1. The molecule has 2 aromatic rings. The summed E-state index contributed by atoms with van der Waals surface area (Å²) in [4.78, 5) is 11.7. The van der Waals surface area contributed by atoms with Gasteiger partial charge in [0.05, 0.1) is 24.2 Å². The molecular formula is C14H15FN4O3S. The molecule has 23 heavy (non-hydrogen) atoms. The number of benzene rings is 1. The average Bonchev–Trinajstić information content (AvgIpc) is 3.01. The van der Waals surface area contributed by atoms with Crippen molar-refractivity contribution in [3.63, 3.8) is 0 Å². The molecule has 1 aromatic heterocycles. The zero-order valence-electron chi connectivity index (χ0n) is 12.3. The summed E-state index contributed by atoms with van der Waals surface area (Å²) in [7, 11) is -3.94. The monoisotopic (exact) mass is 338 g/mol. The van der Waals surface area contributed by atoms with Gasteiger partial charge < -0.3 is 5.73 Å². The minimum atomic E-state index is -3.94. The van der Waals surface area contributed by atoms with E-state index in [4.69, 9.17) is 5.73 Å². The van der Waals surface area contributed by atoms with E-state index in [0.29, 0.717) is 16.8 Å². The number of sulfonamides is 1. The molecule has 1 aliphatic rings. The number of carbonyl (C=O) groups excluding carboxylic acids is 1. The lowest BCUT2D eigenvalue weighted by Gasteiger charge is -2.22. The van der Waals surface area contributed by atoms with Gasteiger partial charge in [0.15, 0.2) is 0 Å². The summed E-state index contributed by atoms with van der Waals surface area (Å²) in [6.07, 6.45) is 1.38. The number of aromatic amines is 1. The second-order valence-electron chi connectivity index (χ2n) is 5.51. The maximum Gasteiger partial charge on any atom is 0.240 e. The third kappa shape index (κ3) is 2.73. The second kappa shape index (κ2) is 5.43. The number of aromatic nitrogens is 2. The molecule has 1 atom stereocenters. The van der Waals surface area contributed by atoms with E-state index in [2.05, 4.69) is 10.2 Å². The first-order valence-corrected chi connectivity index (χ1v) is 8.46. The van der Waals surface area contributed by atoms with Crippen LogP contribution in [0.25, 0.3) is 0 Å². The van der Waals surface area contributed by atoms with Crippen LogP contribution in [-0.2, 0) is 27.1 Å². The Morgan fingerprint density at radius 1 is 1.52 bits per heavy atom. The topological polar surface area (TPSA) is 109 Å². The highest BCUT2D eigenvalue weighted by Crippen LogP contribution is 2.35. The van der Waals surface area contributed by atoms with E-state index in [-0.39, 0.29) is 12.1 Å². The predicted octanol–water partition coefficient (Wildman–Crippen LogP) is 0.729. The number of halogens is 1. The molecule has 0 saturated carbocycles. The first kappa shape index (κ1) is 15.6. The number of primary amides is 1. The zero-order valence-corrected chi connectivity index (χ0v) is 13.1. The fourth-order valence-corrected chi connectivity index (χ4v) is 4.35. The fraction of sp³-hybridized carbons (Fsp3) is 0.286. The molecule has 0 radical (unpaired) electrons. The number of hydrogen-bond acceptors (Lipinski definition) is 4. The van der Waals surface area contributed by atoms with Gasteiger partial charge in [-0.25, -0.2) is 12.8 Å². The number of nitrogens with one attached hydrogen (secondary N) is 1. The molecular weight excluding hydrogens is 323 g/mol.